The first kappa shape index (κ1) is 14.0. The van der Waals surface area contributed by atoms with Crippen molar-refractivity contribution in [1.29, 1.82) is 0 Å². The highest BCUT2D eigenvalue weighted by molar-refractivity contribution is 7.89. The Bertz CT molecular complexity index is 572. The van der Waals surface area contributed by atoms with Crippen molar-refractivity contribution in [2.75, 3.05) is 13.2 Å². The van der Waals surface area contributed by atoms with Crippen LogP contribution in [0.5, 0.6) is 0 Å². The molecule has 1 atom stereocenters. The number of hydrogen-bond acceptors (Lipinski definition) is 4. The Kier molecular flexibility index (Phi) is 3.93. The van der Waals surface area contributed by atoms with Gasteiger partial charge in [0.25, 0.3) is 0 Å². The number of nitrogens with zero attached hydrogens (tertiary/aromatic N) is 1. The second kappa shape index (κ2) is 5.32. The molecule has 19 heavy (non-hydrogen) atoms. The predicted molar refractivity (Wildman–Crippen MR) is 66.5 cm³/mol. The number of sulfonamides is 1. The van der Waals surface area contributed by atoms with Crippen LogP contribution in [0.4, 0.5) is 0 Å². The molecule has 1 aliphatic heterocycles. The number of rotatable bonds is 4. The highest BCUT2D eigenvalue weighted by Crippen LogP contribution is 2.16. The van der Waals surface area contributed by atoms with Crippen LogP contribution >= 0.6 is 0 Å². The average Bonchev–Trinajstić information content (AvgIpc) is 2.73. The molecule has 2 N–H and O–H groups in total. The summed E-state index contributed by atoms with van der Waals surface area (Å²) in [6, 6.07) is 0.890. The van der Waals surface area contributed by atoms with Gasteiger partial charge in [-0.2, -0.15) is 0 Å². The summed E-state index contributed by atoms with van der Waals surface area (Å²) in [7, 11) is -2.22. The molecule has 8 heteroatoms. The number of aromatic nitrogens is 1. The molecule has 1 aromatic rings. The fourth-order valence-corrected chi connectivity index (χ4v) is 3.34. The van der Waals surface area contributed by atoms with E-state index in [1.54, 1.807) is 0 Å². The lowest BCUT2D eigenvalue weighted by Crippen LogP contribution is -2.40. The number of carboxylic acid groups (broad SMARTS) is 1. The third kappa shape index (κ3) is 3.14. The quantitative estimate of drug-likeness (QED) is 0.823. The van der Waals surface area contributed by atoms with Gasteiger partial charge in [0.05, 0.1) is 6.61 Å². The first-order chi connectivity index (χ1) is 8.90. The molecule has 0 spiro atoms. The van der Waals surface area contributed by atoms with Crippen LogP contribution in [0.25, 0.3) is 0 Å². The topological polar surface area (TPSA) is 97.6 Å². The van der Waals surface area contributed by atoms with Crippen LogP contribution in [-0.2, 0) is 21.8 Å². The minimum absolute atomic E-state index is 0.0435. The Morgan fingerprint density at radius 3 is 2.84 bits per heavy atom. The Balaban J connectivity index is 2.19. The summed E-state index contributed by atoms with van der Waals surface area (Å²) in [5.74, 6) is -1.16. The number of ether oxygens (including phenoxy) is 1. The van der Waals surface area contributed by atoms with Gasteiger partial charge in [-0.05, 0) is 18.9 Å². The lowest BCUT2D eigenvalue weighted by molar-refractivity contribution is 0.0686. The second-order valence-corrected chi connectivity index (χ2v) is 6.23. The SMILES string of the molecule is Cn1cc(S(=O)(=O)NC2CCCOC2)cc1C(=O)O. The first-order valence-electron chi connectivity index (χ1n) is 5.90. The van der Waals surface area contributed by atoms with E-state index in [-0.39, 0.29) is 16.6 Å². The van der Waals surface area contributed by atoms with Crippen LogP contribution in [0.3, 0.4) is 0 Å². The molecule has 1 aromatic heterocycles. The summed E-state index contributed by atoms with van der Waals surface area (Å²) in [5, 5.41) is 8.91. The molecule has 0 bridgehead atoms. The van der Waals surface area contributed by atoms with Gasteiger partial charge in [-0.3, -0.25) is 0 Å². The fraction of sp³-hybridized carbons (Fsp3) is 0.545. The standard InChI is InChI=1S/C11H16N2O5S/c1-13-6-9(5-10(13)11(14)15)19(16,17)12-8-3-2-4-18-7-8/h5-6,8,12H,2-4,7H2,1H3,(H,14,15). The Labute approximate surface area is 111 Å². The molecule has 1 fully saturated rings. The molecule has 106 valence electrons. The summed E-state index contributed by atoms with van der Waals surface area (Å²) in [5.41, 5.74) is -0.0692. The van der Waals surface area contributed by atoms with Crippen molar-refractivity contribution in [1.82, 2.24) is 9.29 Å². The minimum atomic E-state index is -3.71. The maximum Gasteiger partial charge on any atom is 0.352 e. The number of aromatic carboxylic acids is 1. The van der Waals surface area contributed by atoms with Crippen molar-refractivity contribution in [2.24, 2.45) is 7.05 Å². The predicted octanol–water partition coefficient (Wildman–Crippen LogP) is 0.181. The van der Waals surface area contributed by atoms with Gasteiger partial charge in [-0.25, -0.2) is 17.9 Å². The van der Waals surface area contributed by atoms with Gasteiger partial charge in [0.1, 0.15) is 10.6 Å². The lowest BCUT2D eigenvalue weighted by atomic mass is 10.1. The molecule has 0 aliphatic carbocycles. The molecule has 0 saturated carbocycles. The molecule has 2 rings (SSSR count). The monoisotopic (exact) mass is 288 g/mol. The van der Waals surface area contributed by atoms with E-state index in [0.29, 0.717) is 13.2 Å². The van der Waals surface area contributed by atoms with E-state index in [9.17, 15) is 13.2 Å². The van der Waals surface area contributed by atoms with E-state index >= 15 is 0 Å². The van der Waals surface area contributed by atoms with Gasteiger partial charge in [0.2, 0.25) is 10.0 Å². The van der Waals surface area contributed by atoms with E-state index in [1.807, 2.05) is 0 Å². The van der Waals surface area contributed by atoms with Gasteiger partial charge in [-0.1, -0.05) is 0 Å². The van der Waals surface area contributed by atoms with Crippen molar-refractivity contribution in [3.05, 3.63) is 18.0 Å². The smallest absolute Gasteiger partial charge is 0.352 e. The summed E-state index contributed by atoms with van der Waals surface area (Å²) in [6.45, 7) is 0.991. The summed E-state index contributed by atoms with van der Waals surface area (Å²) in [4.78, 5) is 10.9. The summed E-state index contributed by atoms with van der Waals surface area (Å²) in [6.07, 6.45) is 2.82. The highest BCUT2D eigenvalue weighted by atomic mass is 32.2. The van der Waals surface area contributed by atoms with E-state index < -0.39 is 16.0 Å². The number of carboxylic acids is 1. The zero-order chi connectivity index (χ0) is 14.0. The highest BCUT2D eigenvalue weighted by Gasteiger charge is 2.24. The lowest BCUT2D eigenvalue weighted by Gasteiger charge is -2.22. The molecule has 1 saturated heterocycles. The van der Waals surface area contributed by atoms with Gasteiger partial charge in [-0.15, -0.1) is 0 Å². The Morgan fingerprint density at radius 1 is 1.58 bits per heavy atom. The Morgan fingerprint density at radius 2 is 2.32 bits per heavy atom. The molecule has 1 aliphatic rings. The van der Waals surface area contributed by atoms with Gasteiger partial charge >= 0.3 is 5.97 Å². The van der Waals surface area contributed by atoms with Gasteiger partial charge < -0.3 is 14.4 Å². The van der Waals surface area contributed by atoms with Crippen LogP contribution in [-0.4, -0.2) is 43.3 Å². The van der Waals surface area contributed by atoms with Crippen molar-refractivity contribution in [2.45, 2.75) is 23.8 Å². The van der Waals surface area contributed by atoms with Gasteiger partial charge in [0.15, 0.2) is 0 Å². The zero-order valence-electron chi connectivity index (χ0n) is 10.5. The number of nitrogens with one attached hydrogen (secondary N) is 1. The largest absolute Gasteiger partial charge is 0.477 e. The number of hydrogen-bond donors (Lipinski definition) is 2. The molecule has 1 unspecified atom stereocenters. The summed E-state index contributed by atoms with van der Waals surface area (Å²) < 4.78 is 33.2. The van der Waals surface area contributed by atoms with Crippen molar-refractivity contribution >= 4 is 16.0 Å². The minimum Gasteiger partial charge on any atom is -0.477 e. The maximum absolute atomic E-state index is 12.1. The molecular weight excluding hydrogens is 272 g/mol. The summed E-state index contributed by atoms with van der Waals surface area (Å²) >= 11 is 0. The molecule has 0 aromatic carbocycles. The third-order valence-electron chi connectivity index (χ3n) is 2.99. The number of aryl methyl sites for hydroxylation is 1. The van der Waals surface area contributed by atoms with Crippen molar-refractivity contribution < 1.29 is 23.1 Å². The molecule has 7 nitrogen and oxygen atoms in total. The van der Waals surface area contributed by atoms with Gasteiger partial charge in [0, 0.05) is 25.9 Å². The van der Waals surface area contributed by atoms with Crippen molar-refractivity contribution in [3.63, 3.8) is 0 Å². The van der Waals surface area contributed by atoms with Crippen LogP contribution in [0.15, 0.2) is 17.2 Å². The Hall–Kier alpha value is -1.38. The van der Waals surface area contributed by atoms with E-state index in [4.69, 9.17) is 9.84 Å². The van der Waals surface area contributed by atoms with Crippen LogP contribution in [0, 0.1) is 0 Å². The van der Waals surface area contributed by atoms with Crippen LogP contribution < -0.4 is 4.72 Å². The second-order valence-electron chi connectivity index (χ2n) is 4.51. The van der Waals surface area contributed by atoms with E-state index in [2.05, 4.69) is 4.72 Å². The molecular formula is C11H16N2O5S. The fourth-order valence-electron chi connectivity index (χ4n) is 2.01. The first-order valence-corrected chi connectivity index (χ1v) is 7.38. The molecule has 0 radical (unpaired) electrons. The average molecular weight is 288 g/mol. The number of carbonyl (C=O) groups is 1. The third-order valence-corrected chi connectivity index (χ3v) is 4.48. The maximum atomic E-state index is 12.1. The normalized spacial score (nSPS) is 20.4. The van der Waals surface area contributed by atoms with Crippen molar-refractivity contribution in [3.8, 4) is 0 Å². The van der Waals surface area contributed by atoms with Crippen LogP contribution in [0.1, 0.15) is 23.3 Å². The molecule has 0 amide bonds. The molecule has 2 heterocycles. The van der Waals surface area contributed by atoms with E-state index in [1.165, 1.54) is 17.8 Å². The zero-order valence-corrected chi connectivity index (χ0v) is 11.3. The van der Waals surface area contributed by atoms with Crippen LogP contribution in [0.2, 0.25) is 0 Å². The van der Waals surface area contributed by atoms with E-state index in [0.717, 1.165) is 18.9 Å².